The molecule has 6 nitrogen and oxygen atoms in total. The monoisotopic (exact) mass is 394 g/mol. The van der Waals surface area contributed by atoms with Crippen molar-refractivity contribution in [2.24, 2.45) is 0 Å². The van der Waals surface area contributed by atoms with E-state index in [1.54, 1.807) is 67.0 Å². The maximum atomic E-state index is 12.8. The molecular formula is C24H18N4O2. The third-order valence-electron chi connectivity index (χ3n) is 4.42. The van der Waals surface area contributed by atoms with Crippen molar-refractivity contribution < 1.29 is 9.59 Å². The van der Waals surface area contributed by atoms with Crippen LogP contribution < -0.4 is 10.6 Å². The summed E-state index contributed by atoms with van der Waals surface area (Å²) in [5, 5.41) is 5.56. The van der Waals surface area contributed by atoms with Crippen LogP contribution in [0.2, 0.25) is 0 Å². The van der Waals surface area contributed by atoms with Crippen molar-refractivity contribution in [3.8, 4) is 11.3 Å². The van der Waals surface area contributed by atoms with E-state index in [9.17, 15) is 9.59 Å². The lowest BCUT2D eigenvalue weighted by Gasteiger charge is -2.11. The number of carbonyl (C=O) groups excluding carboxylic acids is 2. The number of benzene rings is 2. The molecule has 0 aliphatic rings. The van der Waals surface area contributed by atoms with Gasteiger partial charge in [-0.15, -0.1) is 0 Å². The van der Waals surface area contributed by atoms with Crippen molar-refractivity contribution in [3.05, 3.63) is 108 Å². The number of hydrogen-bond donors (Lipinski definition) is 2. The molecular weight excluding hydrogens is 376 g/mol. The van der Waals surface area contributed by atoms with Crippen LogP contribution in [0.4, 0.5) is 11.5 Å². The molecule has 0 radical (unpaired) electrons. The van der Waals surface area contributed by atoms with Crippen LogP contribution in [0.1, 0.15) is 20.7 Å². The second kappa shape index (κ2) is 8.79. The maximum absolute atomic E-state index is 12.8. The average Bonchev–Trinajstić information content (AvgIpc) is 2.81. The number of pyridine rings is 2. The summed E-state index contributed by atoms with van der Waals surface area (Å²) in [6.07, 6.45) is 3.37. The van der Waals surface area contributed by atoms with Crippen LogP contribution in [0.15, 0.2) is 97.3 Å². The van der Waals surface area contributed by atoms with Gasteiger partial charge in [-0.1, -0.05) is 36.4 Å². The minimum atomic E-state index is -0.364. The molecule has 146 valence electrons. The molecule has 2 aromatic heterocycles. The van der Waals surface area contributed by atoms with Crippen molar-refractivity contribution in [2.75, 3.05) is 10.6 Å². The number of para-hydroxylation sites is 1. The minimum absolute atomic E-state index is 0.284. The number of carbonyl (C=O) groups is 2. The first kappa shape index (κ1) is 19.0. The van der Waals surface area contributed by atoms with E-state index in [0.29, 0.717) is 22.6 Å². The van der Waals surface area contributed by atoms with Gasteiger partial charge in [0.25, 0.3) is 11.8 Å². The minimum Gasteiger partial charge on any atom is -0.321 e. The highest BCUT2D eigenvalue weighted by Gasteiger charge is 2.14. The lowest BCUT2D eigenvalue weighted by Crippen LogP contribution is -2.18. The van der Waals surface area contributed by atoms with E-state index in [1.807, 2.05) is 30.3 Å². The normalized spacial score (nSPS) is 10.3. The van der Waals surface area contributed by atoms with Crippen molar-refractivity contribution >= 4 is 23.3 Å². The molecule has 0 saturated heterocycles. The van der Waals surface area contributed by atoms with E-state index in [-0.39, 0.29) is 11.8 Å². The quantitative estimate of drug-likeness (QED) is 0.516. The molecule has 2 amide bonds. The number of nitrogens with one attached hydrogen (secondary N) is 2. The third kappa shape index (κ3) is 4.39. The smallest absolute Gasteiger partial charge is 0.258 e. The van der Waals surface area contributed by atoms with Crippen molar-refractivity contribution in [3.63, 3.8) is 0 Å². The summed E-state index contributed by atoms with van der Waals surface area (Å²) in [4.78, 5) is 33.8. The summed E-state index contributed by atoms with van der Waals surface area (Å²) in [6.45, 7) is 0. The summed E-state index contributed by atoms with van der Waals surface area (Å²) in [5.41, 5.74) is 2.94. The molecule has 0 fully saturated rings. The lowest BCUT2D eigenvalue weighted by molar-refractivity contribution is 0.102. The largest absolute Gasteiger partial charge is 0.321 e. The molecule has 2 N–H and O–H groups in total. The van der Waals surface area contributed by atoms with Gasteiger partial charge in [0.15, 0.2) is 0 Å². The molecule has 0 aliphatic carbocycles. The van der Waals surface area contributed by atoms with Crippen LogP contribution in [0.3, 0.4) is 0 Å². The van der Waals surface area contributed by atoms with E-state index in [2.05, 4.69) is 20.6 Å². The van der Waals surface area contributed by atoms with E-state index in [0.717, 1.165) is 11.3 Å². The molecule has 2 heterocycles. The van der Waals surface area contributed by atoms with Crippen LogP contribution in [0.25, 0.3) is 11.3 Å². The third-order valence-corrected chi connectivity index (χ3v) is 4.42. The van der Waals surface area contributed by atoms with Gasteiger partial charge in [-0.2, -0.15) is 0 Å². The van der Waals surface area contributed by atoms with E-state index in [1.165, 1.54) is 0 Å². The lowest BCUT2D eigenvalue weighted by atomic mass is 10.1. The fraction of sp³-hybridized carbons (Fsp3) is 0. The zero-order chi connectivity index (χ0) is 20.8. The Hall–Kier alpha value is -4.32. The number of anilines is 2. The van der Waals surface area contributed by atoms with Crippen LogP contribution in [0.5, 0.6) is 0 Å². The van der Waals surface area contributed by atoms with E-state index >= 15 is 0 Å². The van der Waals surface area contributed by atoms with Gasteiger partial charge in [0, 0.05) is 23.5 Å². The van der Waals surface area contributed by atoms with E-state index < -0.39 is 0 Å². The Balaban J connectivity index is 1.49. The maximum Gasteiger partial charge on any atom is 0.258 e. The molecule has 0 atom stereocenters. The van der Waals surface area contributed by atoms with Crippen molar-refractivity contribution in [2.45, 2.75) is 0 Å². The number of amides is 2. The van der Waals surface area contributed by atoms with Gasteiger partial charge in [-0.05, 0) is 48.5 Å². The van der Waals surface area contributed by atoms with Crippen LogP contribution >= 0.6 is 0 Å². The van der Waals surface area contributed by atoms with Gasteiger partial charge >= 0.3 is 0 Å². The average molecular weight is 394 g/mol. The summed E-state index contributed by atoms with van der Waals surface area (Å²) >= 11 is 0. The van der Waals surface area contributed by atoms with Crippen LogP contribution in [-0.4, -0.2) is 21.8 Å². The number of nitrogens with zero attached hydrogens (tertiary/aromatic N) is 2. The van der Waals surface area contributed by atoms with Gasteiger partial charge in [-0.3, -0.25) is 14.6 Å². The summed E-state index contributed by atoms with van der Waals surface area (Å²) < 4.78 is 0. The Kier molecular flexibility index (Phi) is 5.57. The first-order valence-electron chi connectivity index (χ1n) is 9.35. The molecule has 0 spiro atoms. The summed E-state index contributed by atoms with van der Waals surface area (Å²) in [6, 6.07) is 24.9. The highest BCUT2D eigenvalue weighted by Crippen LogP contribution is 2.20. The van der Waals surface area contributed by atoms with Crippen molar-refractivity contribution in [1.29, 1.82) is 0 Å². The van der Waals surface area contributed by atoms with Crippen molar-refractivity contribution in [1.82, 2.24) is 9.97 Å². The Bertz CT molecular complexity index is 1160. The first-order chi connectivity index (χ1) is 14.7. The Morgan fingerprint density at radius 3 is 2.17 bits per heavy atom. The molecule has 0 unspecified atom stereocenters. The molecule has 6 heteroatoms. The van der Waals surface area contributed by atoms with E-state index in [4.69, 9.17) is 0 Å². The molecule has 2 aromatic carbocycles. The summed E-state index contributed by atoms with van der Waals surface area (Å²) in [5.74, 6) is -0.241. The molecule has 0 aliphatic heterocycles. The number of aromatic nitrogens is 2. The van der Waals surface area contributed by atoms with Gasteiger partial charge in [0.05, 0.1) is 16.9 Å². The fourth-order valence-corrected chi connectivity index (χ4v) is 2.91. The van der Waals surface area contributed by atoms with Gasteiger partial charge in [-0.25, -0.2) is 4.98 Å². The standard InChI is InChI=1S/C24H18N4O2/c29-23(17-8-2-1-3-9-17)27-21-12-5-4-10-19(21)24(30)28-22-14-13-18(16-26-22)20-11-6-7-15-25-20/h1-16H,(H,27,29)(H,26,28,30). The molecule has 0 saturated carbocycles. The Labute approximate surface area is 173 Å². The predicted octanol–water partition coefficient (Wildman–Crippen LogP) is 4.65. The van der Waals surface area contributed by atoms with Gasteiger partial charge in [0.1, 0.15) is 5.82 Å². The van der Waals surface area contributed by atoms with Gasteiger partial charge < -0.3 is 10.6 Å². The highest BCUT2D eigenvalue weighted by molar-refractivity contribution is 6.12. The number of hydrogen-bond acceptors (Lipinski definition) is 4. The van der Waals surface area contributed by atoms with Crippen LogP contribution in [0, 0.1) is 0 Å². The first-order valence-corrected chi connectivity index (χ1v) is 9.35. The molecule has 4 aromatic rings. The SMILES string of the molecule is O=C(Nc1ccccc1C(=O)Nc1ccc(-c2ccccn2)cn1)c1ccccc1. The molecule has 0 bridgehead atoms. The second-order valence-electron chi connectivity index (χ2n) is 6.47. The molecule has 4 rings (SSSR count). The molecule has 30 heavy (non-hydrogen) atoms. The fourth-order valence-electron chi connectivity index (χ4n) is 2.91. The highest BCUT2D eigenvalue weighted by atomic mass is 16.2. The number of rotatable bonds is 5. The van der Waals surface area contributed by atoms with Crippen LogP contribution in [-0.2, 0) is 0 Å². The zero-order valence-electron chi connectivity index (χ0n) is 15.9. The summed E-state index contributed by atoms with van der Waals surface area (Å²) in [7, 11) is 0. The second-order valence-corrected chi connectivity index (χ2v) is 6.47. The zero-order valence-corrected chi connectivity index (χ0v) is 15.9. The Morgan fingerprint density at radius 2 is 1.43 bits per heavy atom. The predicted molar refractivity (Wildman–Crippen MR) is 116 cm³/mol. The van der Waals surface area contributed by atoms with Gasteiger partial charge in [0.2, 0.25) is 0 Å². The topological polar surface area (TPSA) is 84.0 Å². The Morgan fingerprint density at radius 1 is 0.667 bits per heavy atom.